The highest BCUT2D eigenvalue weighted by Gasteiger charge is 2.42. The quantitative estimate of drug-likeness (QED) is 0.854. The van der Waals surface area contributed by atoms with E-state index in [4.69, 9.17) is 4.74 Å². The number of ether oxygens (including phenoxy) is 1. The third kappa shape index (κ3) is 3.29. The summed E-state index contributed by atoms with van der Waals surface area (Å²) in [5.41, 5.74) is 0.226. The zero-order valence-electron chi connectivity index (χ0n) is 12.2. The van der Waals surface area contributed by atoms with E-state index in [0.29, 0.717) is 0 Å². The van der Waals surface area contributed by atoms with Gasteiger partial charge in [-0.25, -0.2) is 0 Å². The zero-order valence-corrected chi connectivity index (χ0v) is 13.0. The molecule has 0 bridgehead atoms. The molecule has 0 amide bonds. The van der Waals surface area contributed by atoms with Gasteiger partial charge in [-0.2, -0.15) is 11.8 Å². The molecule has 3 rings (SSSR count). The molecule has 1 spiro atoms. The van der Waals surface area contributed by atoms with Crippen LogP contribution in [0.5, 0.6) is 0 Å². The summed E-state index contributed by atoms with van der Waals surface area (Å²) in [5, 5.41) is 3.64. The van der Waals surface area contributed by atoms with Gasteiger partial charge in [-0.05, 0) is 50.9 Å². The Labute approximate surface area is 121 Å². The van der Waals surface area contributed by atoms with Gasteiger partial charge in [-0.1, -0.05) is 6.92 Å². The minimum absolute atomic E-state index is 0.226. The molecule has 3 aliphatic rings. The van der Waals surface area contributed by atoms with E-state index in [2.05, 4.69) is 28.9 Å². The standard InChI is InChI=1S/C15H28N2OS/c1-2-17(11-13-4-3-7-16-13)14-5-8-18-15(10-14)6-9-19-12-15/h13-14,16H,2-12H2,1H3. The lowest BCUT2D eigenvalue weighted by Gasteiger charge is -2.43. The lowest BCUT2D eigenvalue weighted by atomic mass is 9.88. The Hall–Kier alpha value is 0.230. The first-order valence-corrected chi connectivity index (χ1v) is 9.16. The predicted octanol–water partition coefficient (Wildman–Crippen LogP) is 2.12. The summed E-state index contributed by atoms with van der Waals surface area (Å²) < 4.78 is 6.16. The molecule has 3 aliphatic heterocycles. The molecular weight excluding hydrogens is 256 g/mol. The third-order valence-electron chi connectivity index (χ3n) is 5.07. The molecule has 19 heavy (non-hydrogen) atoms. The highest BCUT2D eigenvalue weighted by molar-refractivity contribution is 7.99. The topological polar surface area (TPSA) is 24.5 Å². The van der Waals surface area contributed by atoms with Crippen molar-refractivity contribution in [2.24, 2.45) is 0 Å². The molecule has 1 N–H and O–H groups in total. The van der Waals surface area contributed by atoms with Crippen molar-refractivity contribution < 1.29 is 4.74 Å². The second-order valence-corrected chi connectivity index (χ2v) is 7.47. The molecule has 3 heterocycles. The number of nitrogens with zero attached hydrogens (tertiary/aromatic N) is 1. The van der Waals surface area contributed by atoms with Crippen molar-refractivity contribution in [1.29, 1.82) is 0 Å². The second kappa shape index (κ2) is 6.33. The number of thioether (sulfide) groups is 1. The Balaban J connectivity index is 1.58. The van der Waals surface area contributed by atoms with Crippen molar-refractivity contribution in [3.63, 3.8) is 0 Å². The van der Waals surface area contributed by atoms with Gasteiger partial charge in [0.25, 0.3) is 0 Å². The van der Waals surface area contributed by atoms with Crippen LogP contribution in [0.3, 0.4) is 0 Å². The van der Waals surface area contributed by atoms with Crippen LogP contribution in [-0.2, 0) is 4.74 Å². The van der Waals surface area contributed by atoms with Gasteiger partial charge in [0.05, 0.1) is 5.60 Å². The molecule has 3 unspecified atom stereocenters. The Morgan fingerprint density at radius 2 is 2.37 bits per heavy atom. The molecule has 0 saturated carbocycles. The van der Waals surface area contributed by atoms with Crippen LogP contribution in [0.4, 0.5) is 0 Å². The second-order valence-electron chi connectivity index (χ2n) is 6.36. The summed E-state index contributed by atoms with van der Waals surface area (Å²) in [7, 11) is 0. The zero-order chi connectivity index (χ0) is 13.1. The molecule has 0 aliphatic carbocycles. The molecule has 3 atom stereocenters. The predicted molar refractivity (Wildman–Crippen MR) is 81.9 cm³/mol. The summed E-state index contributed by atoms with van der Waals surface area (Å²) in [5.74, 6) is 2.52. The minimum atomic E-state index is 0.226. The summed E-state index contributed by atoms with van der Waals surface area (Å²) in [4.78, 5) is 2.72. The number of nitrogens with one attached hydrogen (secondary N) is 1. The summed E-state index contributed by atoms with van der Waals surface area (Å²) in [6, 6.07) is 1.48. The van der Waals surface area contributed by atoms with E-state index in [0.717, 1.165) is 18.7 Å². The number of hydrogen-bond donors (Lipinski definition) is 1. The van der Waals surface area contributed by atoms with Crippen molar-refractivity contribution in [3.8, 4) is 0 Å². The molecule has 0 aromatic rings. The molecule has 0 radical (unpaired) electrons. The lowest BCUT2D eigenvalue weighted by molar-refractivity contribution is -0.0896. The highest BCUT2D eigenvalue weighted by atomic mass is 32.2. The van der Waals surface area contributed by atoms with Crippen LogP contribution < -0.4 is 5.32 Å². The van der Waals surface area contributed by atoms with E-state index >= 15 is 0 Å². The molecule has 110 valence electrons. The van der Waals surface area contributed by atoms with E-state index in [1.807, 2.05) is 0 Å². The van der Waals surface area contributed by atoms with E-state index < -0.39 is 0 Å². The fraction of sp³-hybridized carbons (Fsp3) is 1.00. The Morgan fingerprint density at radius 3 is 3.05 bits per heavy atom. The first-order valence-electron chi connectivity index (χ1n) is 8.00. The fourth-order valence-corrected chi connectivity index (χ4v) is 5.29. The third-order valence-corrected chi connectivity index (χ3v) is 6.30. The van der Waals surface area contributed by atoms with Gasteiger partial charge in [0.1, 0.15) is 0 Å². The van der Waals surface area contributed by atoms with Crippen LogP contribution in [0.15, 0.2) is 0 Å². The summed E-state index contributed by atoms with van der Waals surface area (Å²) in [6.45, 7) is 6.94. The summed E-state index contributed by atoms with van der Waals surface area (Å²) >= 11 is 2.08. The van der Waals surface area contributed by atoms with Crippen molar-refractivity contribution >= 4 is 11.8 Å². The van der Waals surface area contributed by atoms with Gasteiger partial charge in [-0.3, -0.25) is 4.90 Å². The van der Waals surface area contributed by atoms with Crippen LogP contribution in [0.25, 0.3) is 0 Å². The Morgan fingerprint density at radius 1 is 1.42 bits per heavy atom. The summed E-state index contributed by atoms with van der Waals surface area (Å²) in [6.07, 6.45) is 6.48. The van der Waals surface area contributed by atoms with E-state index in [1.165, 1.54) is 63.2 Å². The Bertz CT molecular complexity index is 288. The molecule has 0 aromatic carbocycles. The van der Waals surface area contributed by atoms with Gasteiger partial charge in [-0.15, -0.1) is 0 Å². The molecule has 0 aromatic heterocycles. The van der Waals surface area contributed by atoms with Crippen molar-refractivity contribution in [3.05, 3.63) is 0 Å². The Kier molecular flexibility index (Phi) is 4.73. The van der Waals surface area contributed by atoms with Gasteiger partial charge >= 0.3 is 0 Å². The maximum Gasteiger partial charge on any atom is 0.0795 e. The van der Waals surface area contributed by atoms with E-state index in [1.54, 1.807) is 0 Å². The van der Waals surface area contributed by atoms with Crippen LogP contribution in [-0.4, -0.2) is 60.3 Å². The van der Waals surface area contributed by atoms with Crippen molar-refractivity contribution in [2.75, 3.05) is 37.7 Å². The average molecular weight is 284 g/mol. The van der Waals surface area contributed by atoms with Gasteiger partial charge in [0.15, 0.2) is 0 Å². The SMILES string of the molecule is CCN(CC1CCCN1)C1CCOC2(CCSC2)C1. The lowest BCUT2D eigenvalue weighted by Crippen LogP contribution is -2.51. The molecule has 3 nitrogen and oxygen atoms in total. The fourth-order valence-electron chi connectivity index (χ4n) is 3.91. The van der Waals surface area contributed by atoms with Crippen molar-refractivity contribution in [2.45, 2.75) is 56.7 Å². The minimum Gasteiger partial charge on any atom is -0.374 e. The van der Waals surface area contributed by atoms with Crippen LogP contribution in [0.1, 0.15) is 39.0 Å². The van der Waals surface area contributed by atoms with Crippen molar-refractivity contribution in [1.82, 2.24) is 10.2 Å². The normalized spacial score (nSPS) is 39.5. The maximum absolute atomic E-state index is 6.16. The largest absolute Gasteiger partial charge is 0.374 e. The number of likely N-dealkylation sites (N-methyl/N-ethyl adjacent to an activating group) is 1. The van der Waals surface area contributed by atoms with Crippen LogP contribution in [0, 0.1) is 0 Å². The van der Waals surface area contributed by atoms with Crippen LogP contribution in [0.2, 0.25) is 0 Å². The monoisotopic (exact) mass is 284 g/mol. The smallest absolute Gasteiger partial charge is 0.0795 e. The van der Waals surface area contributed by atoms with E-state index in [-0.39, 0.29) is 5.60 Å². The van der Waals surface area contributed by atoms with Crippen LogP contribution >= 0.6 is 11.8 Å². The van der Waals surface area contributed by atoms with Gasteiger partial charge < -0.3 is 10.1 Å². The highest BCUT2D eigenvalue weighted by Crippen LogP contribution is 2.39. The molecule has 3 fully saturated rings. The van der Waals surface area contributed by atoms with Gasteiger partial charge in [0, 0.05) is 31.0 Å². The molecule has 4 heteroatoms. The average Bonchev–Trinajstić information content (AvgIpc) is 3.08. The first kappa shape index (κ1) is 14.2. The number of rotatable bonds is 4. The maximum atomic E-state index is 6.16. The number of hydrogen-bond acceptors (Lipinski definition) is 4. The molecule has 3 saturated heterocycles. The molecular formula is C15H28N2OS. The van der Waals surface area contributed by atoms with Gasteiger partial charge in [0.2, 0.25) is 0 Å². The van der Waals surface area contributed by atoms with E-state index in [9.17, 15) is 0 Å². The first-order chi connectivity index (χ1) is 9.31.